The molecule has 144 valence electrons. The van der Waals surface area contributed by atoms with Crippen LogP contribution in [0.3, 0.4) is 0 Å². The number of aromatic nitrogens is 2. The number of carbonyl (C=O) groups is 1. The molecule has 0 saturated carbocycles. The summed E-state index contributed by atoms with van der Waals surface area (Å²) in [5, 5.41) is 0. The summed E-state index contributed by atoms with van der Waals surface area (Å²) in [6, 6.07) is 12.3. The Morgan fingerprint density at radius 1 is 1.04 bits per heavy atom. The number of carbonyl (C=O) groups excluding carboxylic acids is 1. The number of hydrogen-bond donors (Lipinski definition) is 0. The number of piperazine rings is 1. The van der Waals surface area contributed by atoms with E-state index in [9.17, 15) is 4.79 Å². The van der Waals surface area contributed by atoms with Gasteiger partial charge in [0, 0.05) is 50.3 Å². The Hall–Kier alpha value is -2.43. The Balaban J connectivity index is 1.58. The number of benzene rings is 1. The first kappa shape index (κ1) is 19.3. The molecule has 3 rings (SSSR count). The van der Waals surface area contributed by atoms with Gasteiger partial charge in [-0.25, -0.2) is 9.97 Å². The van der Waals surface area contributed by atoms with Gasteiger partial charge in [-0.05, 0) is 18.4 Å². The molecule has 0 N–H and O–H groups in total. The fraction of sp³-hybridized carbons (Fsp3) is 0.500. The Labute approximate surface area is 162 Å². The summed E-state index contributed by atoms with van der Waals surface area (Å²) >= 11 is 0. The summed E-state index contributed by atoms with van der Waals surface area (Å²) in [5.41, 5.74) is 2.22. The second-order valence-electron chi connectivity index (χ2n) is 7.76. The van der Waals surface area contributed by atoms with Gasteiger partial charge in [0.15, 0.2) is 0 Å². The normalized spacial score (nSPS) is 15.9. The minimum atomic E-state index is 0.243. The summed E-state index contributed by atoms with van der Waals surface area (Å²) < 4.78 is 0. The van der Waals surface area contributed by atoms with Gasteiger partial charge >= 0.3 is 0 Å². The van der Waals surface area contributed by atoms with Crippen molar-refractivity contribution >= 4 is 11.7 Å². The van der Waals surface area contributed by atoms with Crippen molar-refractivity contribution in [2.45, 2.75) is 46.0 Å². The van der Waals surface area contributed by atoms with Crippen LogP contribution in [0.5, 0.6) is 0 Å². The zero-order chi connectivity index (χ0) is 19.4. The smallest absolute Gasteiger partial charge is 0.223 e. The van der Waals surface area contributed by atoms with E-state index in [0.29, 0.717) is 12.3 Å². The highest BCUT2D eigenvalue weighted by Crippen LogP contribution is 2.22. The molecule has 1 amide bonds. The lowest BCUT2D eigenvalue weighted by Gasteiger charge is -2.36. The molecule has 0 aliphatic carbocycles. The zero-order valence-corrected chi connectivity index (χ0v) is 16.9. The van der Waals surface area contributed by atoms with Gasteiger partial charge in [0.25, 0.3) is 0 Å². The number of rotatable bonds is 5. The van der Waals surface area contributed by atoms with Crippen LogP contribution < -0.4 is 4.90 Å². The van der Waals surface area contributed by atoms with Gasteiger partial charge in [-0.3, -0.25) is 4.79 Å². The lowest BCUT2D eigenvalue weighted by atomic mass is 9.97. The van der Waals surface area contributed by atoms with Crippen molar-refractivity contribution in [3.05, 3.63) is 53.5 Å². The van der Waals surface area contributed by atoms with Crippen LogP contribution in [0.2, 0.25) is 0 Å². The van der Waals surface area contributed by atoms with E-state index in [2.05, 4.69) is 42.8 Å². The summed E-state index contributed by atoms with van der Waals surface area (Å²) in [6.45, 7) is 11.5. The molecule has 2 heterocycles. The van der Waals surface area contributed by atoms with Crippen LogP contribution in [0, 0.1) is 6.92 Å². The number of amides is 1. The van der Waals surface area contributed by atoms with Crippen molar-refractivity contribution in [3.8, 4) is 0 Å². The molecular formula is C22H30N4O. The SMILES string of the molecule is Cc1cc(N2CCN(C(=O)CC(C)c3ccccc3)CC2)nc(C(C)C)n1. The fourth-order valence-corrected chi connectivity index (χ4v) is 3.47. The van der Waals surface area contributed by atoms with Gasteiger partial charge in [0.2, 0.25) is 5.91 Å². The van der Waals surface area contributed by atoms with Crippen molar-refractivity contribution in [1.82, 2.24) is 14.9 Å². The molecule has 1 aromatic heterocycles. The van der Waals surface area contributed by atoms with Crippen LogP contribution >= 0.6 is 0 Å². The standard InChI is InChI=1S/C22H30N4O/c1-16(2)22-23-18(4)15-20(24-22)25-10-12-26(13-11-25)21(27)14-17(3)19-8-6-5-7-9-19/h5-9,15-17H,10-14H2,1-4H3. The minimum absolute atomic E-state index is 0.243. The third-order valence-corrected chi connectivity index (χ3v) is 5.18. The van der Waals surface area contributed by atoms with Crippen LogP contribution in [0.25, 0.3) is 0 Å². The van der Waals surface area contributed by atoms with E-state index in [1.54, 1.807) is 0 Å². The van der Waals surface area contributed by atoms with E-state index < -0.39 is 0 Å². The molecular weight excluding hydrogens is 336 g/mol. The highest BCUT2D eigenvalue weighted by atomic mass is 16.2. The molecule has 5 heteroatoms. The van der Waals surface area contributed by atoms with Gasteiger partial charge in [0.1, 0.15) is 11.6 Å². The molecule has 0 radical (unpaired) electrons. The van der Waals surface area contributed by atoms with Crippen molar-refractivity contribution in [2.75, 3.05) is 31.1 Å². The lowest BCUT2D eigenvalue weighted by molar-refractivity contribution is -0.131. The lowest BCUT2D eigenvalue weighted by Crippen LogP contribution is -2.49. The molecule has 1 fully saturated rings. The summed E-state index contributed by atoms with van der Waals surface area (Å²) in [6.07, 6.45) is 0.564. The van der Waals surface area contributed by atoms with Gasteiger partial charge in [-0.2, -0.15) is 0 Å². The predicted molar refractivity (Wildman–Crippen MR) is 109 cm³/mol. The molecule has 1 unspecified atom stereocenters. The first-order valence-electron chi connectivity index (χ1n) is 9.87. The fourth-order valence-electron chi connectivity index (χ4n) is 3.47. The van der Waals surface area contributed by atoms with E-state index >= 15 is 0 Å². The van der Waals surface area contributed by atoms with Crippen LogP contribution in [-0.2, 0) is 4.79 Å². The van der Waals surface area contributed by atoms with Gasteiger partial charge in [-0.15, -0.1) is 0 Å². The largest absolute Gasteiger partial charge is 0.353 e. The summed E-state index contributed by atoms with van der Waals surface area (Å²) in [5.74, 6) is 2.67. The van der Waals surface area contributed by atoms with Gasteiger partial charge < -0.3 is 9.80 Å². The molecule has 27 heavy (non-hydrogen) atoms. The molecule has 1 aliphatic heterocycles. The average molecular weight is 367 g/mol. The molecule has 1 atom stereocenters. The van der Waals surface area contributed by atoms with Gasteiger partial charge in [0.05, 0.1) is 0 Å². The zero-order valence-electron chi connectivity index (χ0n) is 16.9. The van der Waals surface area contributed by atoms with E-state index in [4.69, 9.17) is 4.98 Å². The topological polar surface area (TPSA) is 49.3 Å². The maximum absolute atomic E-state index is 12.7. The summed E-state index contributed by atoms with van der Waals surface area (Å²) in [7, 11) is 0. The van der Waals surface area contributed by atoms with Crippen molar-refractivity contribution in [2.24, 2.45) is 0 Å². The Morgan fingerprint density at radius 3 is 2.33 bits per heavy atom. The maximum atomic E-state index is 12.7. The second kappa shape index (κ2) is 8.51. The number of hydrogen-bond acceptors (Lipinski definition) is 4. The molecule has 0 spiro atoms. The summed E-state index contributed by atoms with van der Waals surface area (Å²) in [4.78, 5) is 26.2. The van der Waals surface area contributed by atoms with Crippen LogP contribution in [0.1, 0.15) is 56.1 Å². The number of aryl methyl sites for hydroxylation is 1. The van der Waals surface area contributed by atoms with E-state index in [-0.39, 0.29) is 11.8 Å². The van der Waals surface area contributed by atoms with Crippen molar-refractivity contribution < 1.29 is 4.79 Å². The average Bonchev–Trinajstić information content (AvgIpc) is 2.68. The van der Waals surface area contributed by atoms with Crippen molar-refractivity contribution in [3.63, 3.8) is 0 Å². The second-order valence-corrected chi connectivity index (χ2v) is 7.76. The molecule has 2 aromatic rings. The Bertz CT molecular complexity index is 767. The quantitative estimate of drug-likeness (QED) is 0.809. The highest BCUT2D eigenvalue weighted by molar-refractivity contribution is 5.77. The van der Waals surface area contributed by atoms with E-state index in [1.807, 2.05) is 36.1 Å². The molecule has 5 nitrogen and oxygen atoms in total. The monoisotopic (exact) mass is 366 g/mol. The molecule has 1 aliphatic rings. The van der Waals surface area contributed by atoms with Crippen LogP contribution in [-0.4, -0.2) is 47.0 Å². The first-order chi connectivity index (χ1) is 12.9. The van der Waals surface area contributed by atoms with E-state index in [0.717, 1.165) is 43.5 Å². The maximum Gasteiger partial charge on any atom is 0.223 e. The number of anilines is 1. The predicted octanol–water partition coefficient (Wildman–Crippen LogP) is 3.75. The third kappa shape index (κ3) is 4.85. The number of nitrogens with zero attached hydrogens (tertiary/aromatic N) is 4. The first-order valence-corrected chi connectivity index (χ1v) is 9.87. The minimum Gasteiger partial charge on any atom is -0.353 e. The van der Waals surface area contributed by atoms with Gasteiger partial charge in [-0.1, -0.05) is 51.1 Å². The Morgan fingerprint density at radius 2 is 1.70 bits per heavy atom. The Kier molecular flexibility index (Phi) is 6.09. The molecule has 1 saturated heterocycles. The molecule has 0 bridgehead atoms. The van der Waals surface area contributed by atoms with Crippen molar-refractivity contribution in [1.29, 1.82) is 0 Å². The third-order valence-electron chi connectivity index (χ3n) is 5.18. The van der Waals surface area contributed by atoms with Crippen LogP contribution in [0.15, 0.2) is 36.4 Å². The van der Waals surface area contributed by atoms with E-state index in [1.165, 1.54) is 5.56 Å². The van der Waals surface area contributed by atoms with Crippen LogP contribution in [0.4, 0.5) is 5.82 Å². The highest BCUT2D eigenvalue weighted by Gasteiger charge is 2.24. The molecule has 1 aromatic carbocycles.